The number of nitrogens with zero attached hydrogens (tertiary/aromatic N) is 3. The first-order valence-corrected chi connectivity index (χ1v) is 10.1. The van der Waals surface area contributed by atoms with E-state index in [-0.39, 0.29) is 17.9 Å². The van der Waals surface area contributed by atoms with Gasteiger partial charge in [-0.3, -0.25) is 4.79 Å². The quantitative estimate of drug-likeness (QED) is 0.713. The zero-order chi connectivity index (χ0) is 20.4. The van der Waals surface area contributed by atoms with Crippen molar-refractivity contribution in [2.45, 2.75) is 39.8 Å². The minimum Gasteiger partial charge on any atom is -0.490 e. The molecule has 2 heterocycles. The van der Waals surface area contributed by atoms with E-state index in [0.717, 1.165) is 41.1 Å². The van der Waals surface area contributed by atoms with E-state index in [1.807, 2.05) is 41.9 Å². The van der Waals surface area contributed by atoms with E-state index in [1.165, 1.54) is 0 Å². The average Bonchev–Trinajstić information content (AvgIpc) is 2.99. The van der Waals surface area contributed by atoms with Crippen molar-refractivity contribution in [2.24, 2.45) is 5.92 Å². The first-order chi connectivity index (χ1) is 14.1. The summed E-state index contributed by atoms with van der Waals surface area (Å²) in [4.78, 5) is 13.0. The second-order valence-corrected chi connectivity index (χ2v) is 7.56. The summed E-state index contributed by atoms with van der Waals surface area (Å²) in [7, 11) is 0. The van der Waals surface area contributed by atoms with Gasteiger partial charge in [0.1, 0.15) is 5.52 Å². The number of aryl methyl sites for hydroxylation is 1. The summed E-state index contributed by atoms with van der Waals surface area (Å²) in [5.41, 5.74) is 3.21. The zero-order valence-electron chi connectivity index (χ0n) is 17.0. The molecule has 1 N–H and O–H groups in total. The van der Waals surface area contributed by atoms with E-state index in [0.29, 0.717) is 18.8 Å². The summed E-state index contributed by atoms with van der Waals surface area (Å²) in [6.45, 7) is 8.21. The number of benzene rings is 2. The maximum absolute atomic E-state index is 13.0. The summed E-state index contributed by atoms with van der Waals surface area (Å²) >= 11 is 0. The second-order valence-electron chi connectivity index (χ2n) is 7.56. The normalized spacial score (nSPS) is 14.6. The lowest BCUT2D eigenvalue weighted by Crippen LogP contribution is -2.31. The van der Waals surface area contributed by atoms with Crippen molar-refractivity contribution in [1.82, 2.24) is 20.3 Å². The van der Waals surface area contributed by atoms with Crippen LogP contribution in [0.3, 0.4) is 0 Å². The zero-order valence-corrected chi connectivity index (χ0v) is 17.0. The number of aromatic nitrogens is 3. The van der Waals surface area contributed by atoms with E-state index in [9.17, 15) is 4.79 Å². The van der Waals surface area contributed by atoms with Crippen molar-refractivity contribution in [2.75, 3.05) is 13.2 Å². The number of rotatable bonds is 5. The van der Waals surface area contributed by atoms with Crippen LogP contribution in [0.5, 0.6) is 11.5 Å². The molecule has 0 spiro atoms. The van der Waals surface area contributed by atoms with Crippen LogP contribution in [0.4, 0.5) is 0 Å². The first-order valence-electron chi connectivity index (χ1n) is 10.1. The van der Waals surface area contributed by atoms with Crippen molar-refractivity contribution < 1.29 is 14.3 Å². The molecule has 1 unspecified atom stereocenters. The van der Waals surface area contributed by atoms with E-state index < -0.39 is 0 Å². The van der Waals surface area contributed by atoms with Crippen molar-refractivity contribution in [3.05, 3.63) is 47.5 Å². The Hall–Kier alpha value is -3.09. The van der Waals surface area contributed by atoms with Gasteiger partial charge in [-0.05, 0) is 48.7 Å². The van der Waals surface area contributed by atoms with Crippen LogP contribution in [-0.2, 0) is 6.54 Å². The van der Waals surface area contributed by atoms with Crippen LogP contribution in [0.1, 0.15) is 49.2 Å². The van der Waals surface area contributed by atoms with Crippen LogP contribution in [-0.4, -0.2) is 34.1 Å². The lowest BCUT2D eigenvalue weighted by atomic mass is 9.95. The third-order valence-electron chi connectivity index (χ3n) is 5.16. The molecule has 1 aliphatic rings. The van der Waals surface area contributed by atoms with E-state index in [4.69, 9.17) is 9.47 Å². The van der Waals surface area contributed by atoms with Crippen LogP contribution in [0.2, 0.25) is 0 Å². The summed E-state index contributed by atoms with van der Waals surface area (Å²) in [5, 5.41) is 11.4. The standard InChI is InChI=1S/C22H26N4O3/c1-4-26-18-8-6-16(12-17(18)24-25-26)22(27)23-21(14(2)3)15-7-9-19-20(13-15)29-11-5-10-28-19/h6-9,12-14,21H,4-5,10-11H2,1-3H3,(H,23,27). The molecule has 0 bridgehead atoms. The van der Waals surface area contributed by atoms with Gasteiger partial charge in [0.05, 0.1) is 24.8 Å². The summed E-state index contributed by atoms with van der Waals surface area (Å²) in [6.07, 6.45) is 0.861. The molecule has 1 aliphatic heterocycles. The smallest absolute Gasteiger partial charge is 0.251 e. The van der Waals surface area contributed by atoms with Gasteiger partial charge in [0, 0.05) is 18.5 Å². The molecule has 0 saturated heterocycles. The fourth-order valence-electron chi connectivity index (χ4n) is 3.58. The Morgan fingerprint density at radius 3 is 2.69 bits per heavy atom. The van der Waals surface area contributed by atoms with Crippen LogP contribution in [0, 0.1) is 5.92 Å². The predicted octanol–water partition coefficient (Wildman–Crippen LogP) is 3.74. The Labute approximate surface area is 170 Å². The molecule has 4 rings (SSSR count). The molecule has 1 atom stereocenters. The summed E-state index contributed by atoms with van der Waals surface area (Å²) in [5.74, 6) is 1.55. The molecule has 3 aromatic rings. The maximum atomic E-state index is 13.0. The van der Waals surface area contributed by atoms with Gasteiger partial charge in [-0.2, -0.15) is 0 Å². The highest BCUT2D eigenvalue weighted by Gasteiger charge is 2.22. The van der Waals surface area contributed by atoms with Gasteiger partial charge in [-0.25, -0.2) is 4.68 Å². The largest absolute Gasteiger partial charge is 0.490 e. The van der Waals surface area contributed by atoms with Crippen molar-refractivity contribution in [3.63, 3.8) is 0 Å². The highest BCUT2D eigenvalue weighted by atomic mass is 16.5. The van der Waals surface area contributed by atoms with E-state index in [2.05, 4.69) is 29.5 Å². The third kappa shape index (κ3) is 3.90. The Bertz CT molecular complexity index is 1030. The molecule has 0 saturated carbocycles. The van der Waals surface area contributed by atoms with Crippen LogP contribution in [0.25, 0.3) is 11.0 Å². The van der Waals surface area contributed by atoms with Gasteiger partial charge in [0.2, 0.25) is 0 Å². The SMILES string of the molecule is CCn1nnc2cc(C(=O)NC(c3ccc4c(c3)OCCCO4)C(C)C)ccc21. The van der Waals surface area contributed by atoms with Crippen molar-refractivity contribution in [3.8, 4) is 11.5 Å². The number of ether oxygens (including phenoxy) is 2. The average molecular weight is 394 g/mol. The highest BCUT2D eigenvalue weighted by molar-refractivity contribution is 5.97. The molecule has 0 fully saturated rings. The molecule has 1 amide bonds. The fourth-order valence-corrected chi connectivity index (χ4v) is 3.58. The Kier molecular flexibility index (Phi) is 5.38. The van der Waals surface area contributed by atoms with Crippen LogP contribution in [0.15, 0.2) is 36.4 Å². The summed E-state index contributed by atoms with van der Waals surface area (Å²) < 4.78 is 13.3. The lowest BCUT2D eigenvalue weighted by Gasteiger charge is -2.24. The molecule has 0 aliphatic carbocycles. The van der Waals surface area contributed by atoms with Crippen molar-refractivity contribution in [1.29, 1.82) is 0 Å². The number of fused-ring (bicyclic) bond motifs is 2. The molecule has 2 aromatic carbocycles. The topological polar surface area (TPSA) is 78.3 Å². The molecule has 0 radical (unpaired) electrons. The Balaban J connectivity index is 1.58. The van der Waals surface area contributed by atoms with E-state index in [1.54, 1.807) is 6.07 Å². The Morgan fingerprint density at radius 1 is 1.14 bits per heavy atom. The molecule has 1 aromatic heterocycles. The van der Waals surface area contributed by atoms with Crippen molar-refractivity contribution >= 4 is 16.9 Å². The predicted molar refractivity (Wildman–Crippen MR) is 110 cm³/mol. The minimum atomic E-state index is -0.151. The molecule has 29 heavy (non-hydrogen) atoms. The molecular weight excluding hydrogens is 368 g/mol. The number of hydrogen-bond acceptors (Lipinski definition) is 5. The second kappa shape index (κ2) is 8.11. The number of amides is 1. The number of hydrogen-bond donors (Lipinski definition) is 1. The Morgan fingerprint density at radius 2 is 1.93 bits per heavy atom. The molecule has 152 valence electrons. The molecule has 7 nitrogen and oxygen atoms in total. The van der Waals surface area contributed by atoms with Gasteiger partial charge >= 0.3 is 0 Å². The monoisotopic (exact) mass is 394 g/mol. The van der Waals surface area contributed by atoms with Gasteiger partial charge in [0.25, 0.3) is 5.91 Å². The minimum absolute atomic E-state index is 0.135. The van der Waals surface area contributed by atoms with Gasteiger partial charge in [0.15, 0.2) is 11.5 Å². The maximum Gasteiger partial charge on any atom is 0.251 e. The third-order valence-corrected chi connectivity index (χ3v) is 5.16. The van der Waals surface area contributed by atoms with Crippen LogP contribution >= 0.6 is 0 Å². The lowest BCUT2D eigenvalue weighted by molar-refractivity contribution is 0.0925. The number of carbonyl (C=O) groups excluding carboxylic acids is 1. The fraction of sp³-hybridized carbons (Fsp3) is 0.409. The molecular formula is C22H26N4O3. The summed E-state index contributed by atoms with van der Waals surface area (Å²) in [6, 6.07) is 11.2. The van der Waals surface area contributed by atoms with Crippen LogP contribution < -0.4 is 14.8 Å². The first kappa shape index (κ1) is 19.2. The van der Waals surface area contributed by atoms with Gasteiger partial charge in [-0.1, -0.05) is 25.1 Å². The van der Waals surface area contributed by atoms with Gasteiger partial charge in [-0.15, -0.1) is 5.10 Å². The highest BCUT2D eigenvalue weighted by Crippen LogP contribution is 2.34. The number of nitrogens with one attached hydrogen (secondary N) is 1. The molecule has 7 heteroatoms. The number of carbonyl (C=O) groups is 1. The van der Waals surface area contributed by atoms with Gasteiger partial charge < -0.3 is 14.8 Å². The van der Waals surface area contributed by atoms with E-state index >= 15 is 0 Å².